The summed E-state index contributed by atoms with van der Waals surface area (Å²) in [6, 6.07) is 16.8. The van der Waals surface area contributed by atoms with Crippen molar-refractivity contribution in [2.24, 2.45) is 0 Å². The van der Waals surface area contributed by atoms with Crippen LogP contribution in [0, 0.1) is 62.3 Å². The molecule has 3 atom stereocenters. The number of carbonyl (C=O) groups is 3. The Morgan fingerprint density at radius 3 is 0.784 bits per heavy atom. The number of hydrogen-bond acceptors (Lipinski definition) is 6. The molecule has 0 aromatic heterocycles. The number of anilines is 3. The predicted octanol–water partition coefficient (Wildman–Crippen LogP) is 8.68. The molecular formula is C42H51N3O6. The van der Waals surface area contributed by atoms with Gasteiger partial charge in [0, 0.05) is 35.3 Å². The molecule has 9 nitrogen and oxygen atoms in total. The van der Waals surface area contributed by atoms with Gasteiger partial charge in [-0.25, -0.2) is 0 Å². The number of aryl methyl sites for hydroxylation is 9. The number of carbonyl (C=O) groups excluding carboxylic acids is 3. The number of amides is 3. The van der Waals surface area contributed by atoms with Crippen molar-refractivity contribution in [2.75, 3.05) is 16.0 Å². The average Bonchev–Trinajstić information content (AvgIpc) is 3.01. The van der Waals surface area contributed by atoms with Gasteiger partial charge in [-0.15, -0.1) is 0 Å². The topological polar surface area (TPSA) is 115 Å². The zero-order chi connectivity index (χ0) is 37.7. The van der Waals surface area contributed by atoms with Crippen LogP contribution in [0.5, 0.6) is 17.2 Å². The largest absolute Gasteiger partial charge is 0.481 e. The lowest BCUT2D eigenvalue weighted by Crippen LogP contribution is -2.32. The summed E-state index contributed by atoms with van der Waals surface area (Å²) in [5, 5.41) is 8.96. The Morgan fingerprint density at radius 2 is 0.588 bits per heavy atom. The van der Waals surface area contributed by atoms with E-state index in [1.807, 2.05) is 98.7 Å². The highest BCUT2D eigenvalue weighted by molar-refractivity contribution is 5.97. The van der Waals surface area contributed by atoms with Gasteiger partial charge in [-0.2, -0.15) is 0 Å². The predicted molar refractivity (Wildman–Crippen MR) is 205 cm³/mol. The van der Waals surface area contributed by atoms with Crippen LogP contribution in [0.1, 0.15) is 70.8 Å². The molecule has 0 spiro atoms. The number of ether oxygens (including phenoxy) is 3. The maximum absolute atomic E-state index is 13.3. The molecular weight excluding hydrogens is 642 g/mol. The molecule has 3 N–H and O–H groups in total. The summed E-state index contributed by atoms with van der Waals surface area (Å²) < 4.78 is 18.4. The van der Waals surface area contributed by atoms with Crippen LogP contribution in [0.2, 0.25) is 0 Å². The molecule has 0 fully saturated rings. The quantitative estimate of drug-likeness (QED) is 0.137. The van der Waals surface area contributed by atoms with Crippen LogP contribution in [-0.2, 0) is 14.4 Å². The van der Waals surface area contributed by atoms with Crippen molar-refractivity contribution >= 4 is 34.8 Å². The number of benzene rings is 4. The van der Waals surface area contributed by atoms with Gasteiger partial charge in [-0.1, -0.05) is 53.1 Å². The Labute approximate surface area is 302 Å². The van der Waals surface area contributed by atoms with E-state index in [0.29, 0.717) is 0 Å². The first-order valence-electron chi connectivity index (χ1n) is 17.2. The molecule has 0 bridgehead atoms. The van der Waals surface area contributed by atoms with Crippen molar-refractivity contribution in [3.8, 4) is 17.2 Å². The lowest BCUT2D eigenvalue weighted by atomic mass is 10.0. The first-order valence-corrected chi connectivity index (χ1v) is 17.2. The van der Waals surface area contributed by atoms with Crippen molar-refractivity contribution in [1.82, 2.24) is 0 Å². The highest BCUT2D eigenvalue weighted by Crippen LogP contribution is 2.32. The standard InChI is InChI=1S/C42H51N3O6/c1-22-13-25(4)37(26(5)14-22)43-40(46)31(10)49-34-19-35(50-32(11)41(47)44-38-27(6)15-23(2)16-28(38)7)21-36(20-34)51-33(12)42(48)45-39-29(8)17-24(3)18-30(39)9/h13-21,31-33H,1-12H3,(H,43,46)(H,44,47)(H,45,48)/t31-,32-,33-/m1/s1. The maximum Gasteiger partial charge on any atom is 0.265 e. The molecule has 0 aliphatic carbocycles. The van der Waals surface area contributed by atoms with Crippen LogP contribution in [0.15, 0.2) is 54.6 Å². The maximum atomic E-state index is 13.3. The Bertz CT molecular complexity index is 1660. The van der Waals surface area contributed by atoms with Gasteiger partial charge in [0.2, 0.25) is 0 Å². The van der Waals surface area contributed by atoms with Crippen LogP contribution in [0.4, 0.5) is 17.1 Å². The van der Waals surface area contributed by atoms with Crippen LogP contribution >= 0.6 is 0 Å². The van der Waals surface area contributed by atoms with E-state index in [9.17, 15) is 14.4 Å². The lowest BCUT2D eigenvalue weighted by molar-refractivity contribution is -0.122. The molecule has 0 radical (unpaired) electrons. The van der Waals surface area contributed by atoms with E-state index < -0.39 is 18.3 Å². The van der Waals surface area contributed by atoms with Crippen molar-refractivity contribution in [3.63, 3.8) is 0 Å². The van der Waals surface area contributed by atoms with Crippen molar-refractivity contribution < 1.29 is 28.6 Å². The molecule has 4 aromatic rings. The minimum absolute atomic E-state index is 0.262. The Kier molecular flexibility index (Phi) is 12.2. The second-order valence-corrected chi connectivity index (χ2v) is 13.7. The summed E-state index contributed by atoms with van der Waals surface area (Å²) >= 11 is 0. The molecule has 0 unspecified atom stereocenters. The molecule has 51 heavy (non-hydrogen) atoms. The number of nitrogens with one attached hydrogen (secondary N) is 3. The Balaban J connectivity index is 1.57. The summed E-state index contributed by atoms with van der Waals surface area (Å²) in [4.78, 5) is 39.9. The van der Waals surface area contributed by atoms with E-state index in [1.165, 1.54) is 0 Å². The highest BCUT2D eigenvalue weighted by Gasteiger charge is 2.23. The first-order chi connectivity index (χ1) is 23.9. The van der Waals surface area contributed by atoms with Crippen LogP contribution in [0.25, 0.3) is 0 Å². The molecule has 9 heteroatoms. The molecule has 0 aliphatic heterocycles. The normalized spacial score (nSPS) is 12.7. The molecule has 0 saturated carbocycles. The van der Waals surface area contributed by atoms with Crippen molar-refractivity contribution in [1.29, 1.82) is 0 Å². The van der Waals surface area contributed by atoms with Crippen molar-refractivity contribution in [2.45, 2.75) is 101 Å². The fourth-order valence-corrected chi connectivity index (χ4v) is 6.33. The van der Waals surface area contributed by atoms with E-state index in [0.717, 1.165) is 67.1 Å². The van der Waals surface area contributed by atoms with Gasteiger partial charge in [-0.3, -0.25) is 14.4 Å². The zero-order valence-electron chi connectivity index (χ0n) is 31.9. The highest BCUT2D eigenvalue weighted by atomic mass is 16.5. The lowest BCUT2D eigenvalue weighted by Gasteiger charge is -2.21. The Morgan fingerprint density at radius 1 is 0.392 bits per heavy atom. The van der Waals surface area contributed by atoms with E-state index in [2.05, 4.69) is 16.0 Å². The van der Waals surface area contributed by atoms with Crippen LogP contribution in [0.3, 0.4) is 0 Å². The molecule has 0 heterocycles. The molecule has 4 rings (SSSR count). The number of hydrogen-bond donors (Lipinski definition) is 3. The van der Waals surface area contributed by atoms with Gasteiger partial charge in [-0.05, 0) is 116 Å². The minimum atomic E-state index is -0.908. The van der Waals surface area contributed by atoms with E-state index in [1.54, 1.807) is 39.0 Å². The van der Waals surface area contributed by atoms with E-state index in [4.69, 9.17) is 14.2 Å². The summed E-state index contributed by atoms with van der Waals surface area (Å²) in [5.74, 6) is -0.236. The van der Waals surface area contributed by atoms with Gasteiger partial charge >= 0.3 is 0 Å². The Hall–Kier alpha value is -5.31. The fourth-order valence-electron chi connectivity index (χ4n) is 6.33. The second kappa shape index (κ2) is 16.1. The van der Waals surface area contributed by atoms with Gasteiger partial charge in [0.1, 0.15) is 17.2 Å². The average molecular weight is 694 g/mol. The summed E-state index contributed by atoms with van der Waals surface area (Å²) in [5.41, 5.74) is 11.2. The van der Waals surface area contributed by atoms with E-state index in [-0.39, 0.29) is 35.0 Å². The summed E-state index contributed by atoms with van der Waals surface area (Å²) in [6.45, 7) is 22.7. The minimum Gasteiger partial charge on any atom is -0.481 e. The molecule has 3 amide bonds. The summed E-state index contributed by atoms with van der Waals surface area (Å²) in [7, 11) is 0. The third kappa shape index (κ3) is 9.90. The fraction of sp³-hybridized carbons (Fsp3) is 0.357. The van der Waals surface area contributed by atoms with Crippen molar-refractivity contribution in [3.05, 3.63) is 105 Å². The summed E-state index contributed by atoms with van der Waals surface area (Å²) in [6.07, 6.45) is -2.72. The van der Waals surface area contributed by atoms with Gasteiger partial charge in [0.25, 0.3) is 17.7 Å². The third-order valence-corrected chi connectivity index (χ3v) is 8.68. The number of rotatable bonds is 12. The van der Waals surface area contributed by atoms with Crippen LogP contribution in [-0.4, -0.2) is 36.0 Å². The molecule has 270 valence electrons. The first kappa shape index (κ1) is 38.5. The second-order valence-electron chi connectivity index (χ2n) is 13.7. The zero-order valence-corrected chi connectivity index (χ0v) is 31.9. The molecule has 0 saturated heterocycles. The van der Waals surface area contributed by atoms with E-state index >= 15 is 0 Å². The van der Waals surface area contributed by atoms with Gasteiger partial charge in [0.05, 0.1) is 0 Å². The SMILES string of the molecule is Cc1cc(C)c(NC(=O)[C@@H](C)Oc2cc(O[C@H](C)C(=O)Nc3c(C)cc(C)cc3C)cc(O[C@H](C)C(=O)Nc3c(C)cc(C)cc3C)c2)c(C)c1. The molecule has 4 aromatic carbocycles. The smallest absolute Gasteiger partial charge is 0.265 e. The third-order valence-electron chi connectivity index (χ3n) is 8.68. The van der Waals surface area contributed by atoms with Crippen LogP contribution < -0.4 is 30.2 Å². The molecule has 0 aliphatic rings. The monoisotopic (exact) mass is 693 g/mol. The van der Waals surface area contributed by atoms with Gasteiger partial charge in [0.15, 0.2) is 18.3 Å². The van der Waals surface area contributed by atoms with Gasteiger partial charge < -0.3 is 30.2 Å².